The third kappa shape index (κ3) is 3.01. The summed E-state index contributed by atoms with van der Waals surface area (Å²) < 4.78 is 0. The molecule has 2 aliphatic rings. The molecule has 2 aliphatic carbocycles. The number of carbonyl (C=O) groups is 1. The molecule has 0 aromatic heterocycles. The Kier molecular flexibility index (Phi) is 4.08. The van der Waals surface area contributed by atoms with Crippen molar-refractivity contribution in [1.82, 2.24) is 4.90 Å². The molecule has 17 heavy (non-hydrogen) atoms. The Labute approximate surface area is 104 Å². The summed E-state index contributed by atoms with van der Waals surface area (Å²) >= 11 is 0. The van der Waals surface area contributed by atoms with Crippen molar-refractivity contribution in [3.8, 4) is 0 Å². The number of hydrogen-bond acceptors (Lipinski definition) is 2. The van der Waals surface area contributed by atoms with Crippen molar-refractivity contribution in [3.63, 3.8) is 0 Å². The first-order valence-corrected chi connectivity index (χ1v) is 7.06. The van der Waals surface area contributed by atoms with Crippen LogP contribution in [0.1, 0.15) is 46.0 Å². The molecule has 0 saturated heterocycles. The van der Waals surface area contributed by atoms with E-state index in [1.165, 1.54) is 25.7 Å². The predicted molar refractivity (Wildman–Crippen MR) is 67.9 cm³/mol. The third-order valence-electron chi connectivity index (χ3n) is 4.91. The smallest absolute Gasteiger partial charge is 0.317 e. The summed E-state index contributed by atoms with van der Waals surface area (Å²) in [5.74, 6) is 1.92. The van der Waals surface area contributed by atoms with Gasteiger partial charge in [0.15, 0.2) is 0 Å². The molecule has 98 valence electrons. The lowest BCUT2D eigenvalue weighted by molar-refractivity contribution is -0.139. The molecule has 2 rings (SSSR count). The monoisotopic (exact) mass is 239 g/mol. The molecule has 0 spiro atoms. The van der Waals surface area contributed by atoms with E-state index < -0.39 is 5.97 Å². The Morgan fingerprint density at radius 1 is 1.41 bits per heavy atom. The molecule has 0 aliphatic heterocycles. The lowest BCUT2D eigenvalue weighted by atomic mass is 9.88. The van der Waals surface area contributed by atoms with Crippen molar-refractivity contribution < 1.29 is 9.90 Å². The molecule has 2 saturated carbocycles. The zero-order chi connectivity index (χ0) is 12.4. The summed E-state index contributed by atoms with van der Waals surface area (Å²) in [6, 6.07) is 0.394. The molecule has 3 heteroatoms. The van der Waals surface area contributed by atoms with Crippen molar-refractivity contribution in [2.75, 3.05) is 13.1 Å². The quantitative estimate of drug-likeness (QED) is 0.774. The van der Waals surface area contributed by atoms with Gasteiger partial charge in [0, 0.05) is 12.6 Å². The summed E-state index contributed by atoms with van der Waals surface area (Å²) in [5.41, 5.74) is 0. The van der Waals surface area contributed by atoms with Crippen molar-refractivity contribution in [3.05, 3.63) is 0 Å². The number of carboxylic acid groups (broad SMARTS) is 1. The normalized spacial score (nSPS) is 33.2. The van der Waals surface area contributed by atoms with E-state index in [1.54, 1.807) is 0 Å². The van der Waals surface area contributed by atoms with Crippen molar-refractivity contribution in [2.24, 2.45) is 17.8 Å². The molecule has 4 atom stereocenters. The van der Waals surface area contributed by atoms with Gasteiger partial charge in [0.05, 0.1) is 6.54 Å². The molecule has 3 nitrogen and oxygen atoms in total. The summed E-state index contributed by atoms with van der Waals surface area (Å²) in [7, 11) is 0. The van der Waals surface area contributed by atoms with Crippen LogP contribution in [0.3, 0.4) is 0 Å². The van der Waals surface area contributed by atoms with Crippen LogP contribution < -0.4 is 0 Å². The first-order chi connectivity index (χ1) is 8.10. The van der Waals surface area contributed by atoms with Crippen LogP contribution in [0.15, 0.2) is 0 Å². The van der Waals surface area contributed by atoms with E-state index >= 15 is 0 Å². The van der Waals surface area contributed by atoms with E-state index in [-0.39, 0.29) is 6.54 Å². The summed E-state index contributed by atoms with van der Waals surface area (Å²) in [4.78, 5) is 13.1. The highest BCUT2D eigenvalue weighted by Crippen LogP contribution is 2.48. The van der Waals surface area contributed by atoms with Crippen molar-refractivity contribution >= 4 is 5.97 Å². The fourth-order valence-electron chi connectivity index (χ4n) is 3.73. The van der Waals surface area contributed by atoms with Gasteiger partial charge in [-0.2, -0.15) is 0 Å². The first-order valence-electron chi connectivity index (χ1n) is 7.06. The van der Waals surface area contributed by atoms with Gasteiger partial charge in [-0.3, -0.25) is 9.69 Å². The van der Waals surface area contributed by atoms with E-state index in [2.05, 4.69) is 18.7 Å². The highest BCUT2D eigenvalue weighted by atomic mass is 16.4. The zero-order valence-corrected chi connectivity index (χ0v) is 11.1. The highest BCUT2D eigenvalue weighted by Gasteiger charge is 2.40. The number of rotatable bonds is 6. The molecule has 0 aromatic rings. The summed E-state index contributed by atoms with van der Waals surface area (Å²) in [6.45, 7) is 5.50. The van der Waals surface area contributed by atoms with Gasteiger partial charge in [-0.25, -0.2) is 0 Å². The topological polar surface area (TPSA) is 40.5 Å². The minimum Gasteiger partial charge on any atom is -0.480 e. The van der Waals surface area contributed by atoms with Crippen LogP contribution in [-0.2, 0) is 4.79 Å². The number of fused-ring (bicyclic) bond motifs is 2. The second-order valence-corrected chi connectivity index (χ2v) is 6.02. The van der Waals surface area contributed by atoms with Crippen molar-refractivity contribution in [1.29, 1.82) is 0 Å². The minimum atomic E-state index is -0.687. The second-order valence-electron chi connectivity index (χ2n) is 6.02. The van der Waals surface area contributed by atoms with Crippen LogP contribution in [0, 0.1) is 17.8 Å². The second kappa shape index (κ2) is 5.38. The third-order valence-corrected chi connectivity index (χ3v) is 4.91. The summed E-state index contributed by atoms with van der Waals surface area (Å²) in [6.07, 6.45) is 6.59. The maximum absolute atomic E-state index is 10.9. The fourth-order valence-corrected chi connectivity index (χ4v) is 3.73. The van der Waals surface area contributed by atoms with Crippen LogP contribution >= 0.6 is 0 Å². The minimum absolute atomic E-state index is 0.211. The fraction of sp³-hybridized carbons (Fsp3) is 0.929. The van der Waals surface area contributed by atoms with Crippen LogP contribution in [0.5, 0.6) is 0 Å². The van der Waals surface area contributed by atoms with Gasteiger partial charge in [-0.15, -0.1) is 0 Å². The lowest BCUT2D eigenvalue weighted by Crippen LogP contribution is -2.41. The average Bonchev–Trinajstić information content (AvgIpc) is 2.88. The van der Waals surface area contributed by atoms with Gasteiger partial charge in [0.1, 0.15) is 0 Å². The Balaban J connectivity index is 1.90. The molecule has 0 heterocycles. The molecule has 2 bridgehead atoms. The maximum Gasteiger partial charge on any atom is 0.317 e. The molecule has 2 fully saturated rings. The van der Waals surface area contributed by atoms with Gasteiger partial charge in [0.25, 0.3) is 0 Å². The molecule has 0 radical (unpaired) electrons. The van der Waals surface area contributed by atoms with E-state index in [9.17, 15) is 4.79 Å². The highest BCUT2D eigenvalue weighted by molar-refractivity contribution is 5.69. The van der Waals surface area contributed by atoms with E-state index in [4.69, 9.17) is 5.11 Å². The van der Waals surface area contributed by atoms with E-state index in [0.29, 0.717) is 6.04 Å². The van der Waals surface area contributed by atoms with Gasteiger partial charge >= 0.3 is 5.97 Å². The predicted octanol–water partition coefficient (Wildman–Crippen LogP) is 2.61. The van der Waals surface area contributed by atoms with Gasteiger partial charge < -0.3 is 5.11 Å². The molecule has 1 N–H and O–H groups in total. The average molecular weight is 239 g/mol. The largest absolute Gasteiger partial charge is 0.480 e. The van der Waals surface area contributed by atoms with Gasteiger partial charge in [-0.05, 0) is 50.4 Å². The van der Waals surface area contributed by atoms with Crippen molar-refractivity contribution in [2.45, 2.75) is 52.0 Å². The van der Waals surface area contributed by atoms with Crippen LogP contribution in [0.4, 0.5) is 0 Å². The number of hydrogen-bond donors (Lipinski definition) is 1. The lowest BCUT2D eigenvalue weighted by Gasteiger charge is -2.32. The Hall–Kier alpha value is -0.570. The zero-order valence-electron chi connectivity index (χ0n) is 11.1. The van der Waals surface area contributed by atoms with E-state index in [1.807, 2.05) is 0 Å². The Morgan fingerprint density at radius 2 is 2.18 bits per heavy atom. The number of aliphatic carboxylic acids is 1. The van der Waals surface area contributed by atoms with E-state index in [0.717, 1.165) is 30.7 Å². The Bertz CT molecular complexity index is 279. The molecule has 0 aromatic carbocycles. The summed E-state index contributed by atoms with van der Waals surface area (Å²) in [5, 5.41) is 8.99. The molecular formula is C14H25NO2. The number of nitrogens with zero attached hydrogens (tertiary/aromatic N) is 1. The molecule has 0 amide bonds. The van der Waals surface area contributed by atoms with Gasteiger partial charge in [-0.1, -0.05) is 13.3 Å². The maximum atomic E-state index is 10.9. The van der Waals surface area contributed by atoms with Crippen LogP contribution in [0.2, 0.25) is 0 Å². The molecular weight excluding hydrogens is 214 g/mol. The Morgan fingerprint density at radius 3 is 2.65 bits per heavy atom. The van der Waals surface area contributed by atoms with Crippen LogP contribution in [0.25, 0.3) is 0 Å². The van der Waals surface area contributed by atoms with Crippen LogP contribution in [-0.4, -0.2) is 35.1 Å². The standard InChI is InChI=1S/C14H25NO2/c1-3-10(2)15(9-14(16)17)8-13-7-11-4-5-12(13)6-11/h10-13H,3-9H2,1-2H3,(H,16,17). The SMILES string of the molecule is CCC(C)N(CC(=O)O)CC1CC2CCC1C2. The molecule has 4 unspecified atom stereocenters. The van der Waals surface area contributed by atoms with Gasteiger partial charge in [0.2, 0.25) is 0 Å². The first kappa shape index (κ1) is 12.9. The number of carboxylic acids is 1.